The van der Waals surface area contributed by atoms with Crippen molar-refractivity contribution in [1.29, 1.82) is 0 Å². The first-order valence-electron chi connectivity index (χ1n) is 9.67. The minimum Gasteiger partial charge on any atom is -0.365 e. The number of anilines is 1. The monoisotopic (exact) mass is 418 g/mol. The molecule has 0 atom stereocenters. The van der Waals surface area contributed by atoms with Crippen molar-refractivity contribution >= 4 is 18.1 Å². The molecule has 2 aromatic rings. The van der Waals surface area contributed by atoms with Crippen molar-refractivity contribution in [3.8, 4) is 0 Å². The molecule has 4 rings (SSSR count). The van der Waals surface area contributed by atoms with Gasteiger partial charge in [0.05, 0.1) is 21.7 Å². The molecular weight excluding hydrogens is 396 g/mol. The van der Waals surface area contributed by atoms with Crippen molar-refractivity contribution in [2.75, 3.05) is 12.0 Å². The average Bonchev–Trinajstić information content (AvgIpc) is 3.46. The molecule has 0 amide bonds. The van der Waals surface area contributed by atoms with E-state index in [0.29, 0.717) is 33.5 Å². The van der Waals surface area contributed by atoms with Crippen LogP contribution in [-0.2, 0) is 12.7 Å². The number of benzene rings is 1. The summed E-state index contributed by atoms with van der Waals surface area (Å²) in [6.07, 6.45) is 0.660. The van der Waals surface area contributed by atoms with Crippen LogP contribution in [0.25, 0.3) is 12.3 Å². The highest BCUT2D eigenvalue weighted by molar-refractivity contribution is 5.58. The lowest BCUT2D eigenvalue weighted by molar-refractivity contribution is -0.138. The predicted octanol–water partition coefficient (Wildman–Crippen LogP) is 3.57. The fourth-order valence-corrected chi connectivity index (χ4v) is 3.80. The molecule has 30 heavy (non-hydrogen) atoms. The summed E-state index contributed by atoms with van der Waals surface area (Å²) in [5.74, 6) is 1.02. The number of alkyl halides is 4. The molecule has 158 valence electrons. The number of hydrogen-bond acceptors (Lipinski definition) is 4. The molecule has 8 heteroatoms. The van der Waals surface area contributed by atoms with Crippen LogP contribution >= 0.6 is 0 Å². The van der Waals surface area contributed by atoms with E-state index in [0.717, 1.165) is 18.9 Å². The second-order valence-corrected chi connectivity index (χ2v) is 7.85. The van der Waals surface area contributed by atoms with Gasteiger partial charge in [-0.2, -0.15) is 13.2 Å². The van der Waals surface area contributed by atoms with E-state index < -0.39 is 24.0 Å². The Balaban J connectivity index is 1.70. The molecule has 0 saturated heterocycles. The van der Waals surface area contributed by atoms with E-state index in [1.54, 1.807) is 25.3 Å². The SMILES string of the molecule is C=C1C=c2nc(C)nc(NCc3cccc(C(F)(F)F)c3C)c2=CN1C1(CF)CC1. The van der Waals surface area contributed by atoms with Crippen LogP contribution in [-0.4, -0.2) is 27.1 Å². The largest absolute Gasteiger partial charge is 0.416 e. The Kier molecular flexibility index (Phi) is 4.83. The van der Waals surface area contributed by atoms with Crippen molar-refractivity contribution in [3.05, 3.63) is 63.6 Å². The number of nitrogens with zero attached hydrogens (tertiary/aromatic N) is 3. The van der Waals surface area contributed by atoms with Crippen LogP contribution in [0, 0.1) is 13.8 Å². The second-order valence-electron chi connectivity index (χ2n) is 7.85. The summed E-state index contributed by atoms with van der Waals surface area (Å²) in [4.78, 5) is 10.7. The van der Waals surface area contributed by atoms with Gasteiger partial charge in [-0.05, 0) is 50.0 Å². The normalized spacial score (nSPS) is 17.1. The number of aromatic nitrogens is 2. The van der Waals surface area contributed by atoms with Gasteiger partial charge in [-0.15, -0.1) is 0 Å². The molecule has 0 bridgehead atoms. The van der Waals surface area contributed by atoms with Crippen molar-refractivity contribution in [1.82, 2.24) is 14.9 Å². The molecule has 0 spiro atoms. The Bertz CT molecular complexity index is 1130. The lowest BCUT2D eigenvalue weighted by atomic mass is 10.0. The molecule has 2 aliphatic rings. The van der Waals surface area contributed by atoms with Crippen LogP contribution in [0.2, 0.25) is 0 Å². The Hall–Kier alpha value is -2.90. The molecule has 2 heterocycles. The zero-order chi connectivity index (χ0) is 21.7. The molecule has 1 N–H and O–H groups in total. The first-order valence-corrected chi connectivity index (χ1v) is 9.67. The van der Waals surface area contributed by atoms with Gasteiger partial charge >= 0.3 is 6.18 Å². The summed E-state index contributed by atoms with van der Waals surface area (Å²) in [5.41, 5.74) is 0.153. The maximum absolute atomic E-state index is 13.6. The number of nitrogens with one attached hydrogen (secondary N) is 1. The van der Waals surface area contributed by atoms with E-state index in [1.807, 2.05) is 4.90 Å². The number of allylic oxidation sites excluding steroid dienone is 1. The van der Waals surface area contributed by atoms with Crippen LogP contribution in [0.1, 0.15) is 35.4 Å². The van der Waals surface area contributed by atoms with Gasteiger partial charge in [0.1, 0.15) is 18.3 Å². The smallest absolute Gasteiger partial charge is 0.365 e. The molecule has 1 aliphatic carbocycles. The standard InChI is InChI=1S/C22H22F4N4/c1-13-9-19-17(11-30(13)21(12-23)7-8-21)20(29-15(3)28-19)27-10-16-5-4-6-18(14(16)2)22(24,25)26/h4-6,9,11H,1,7-8,10,12H2,2-3H3,(H,27,28,29). The Morgan fingerprint density at radius 1 is 1.20 bits per heavy atom. The highest BCUT2D eigenvalue weighted by atomic mass is 19.4. The molecule has 1 saturated carbocycles. The Morgan fingerprint density at radius 3 is 2.57 bits per heavy atom. The summed E-state index contributed by atoms with van der Waals surface area (Å²) in [6.45, 7) is 6.92. The fraction of sp³-hybridized carbons (Fsp3) is 0.364. The molecule has 1 aliphatic heterocycles. The molecular formula is C22H22F4N4. The molecule has 1 fully saturated rings. The van der Waals surface area contributed by atoms with Crippen molar-refractivity contribution in [2.24, 2.45) is 0 Å². The third kappa shape index (κ3) is 3.55. The second kappa shape index (κ2) is 7.11. The van der Waals surface area contributed by atoms with E-state index in [1.165, 1.54) is 13.0 Å². The Morgan fingerprint density at radius 2 is 1.93 bits per heavy atom. The van der Waals surface area contributed by atoms with Gasteiger partial charge < -0.3 is 10.2 Å². The minimum atomic E-state index is -4.40. The Labute approximate surface area is 171 Å². The van der Waals surface area contributed by atoms with Crippen LogP contribution in [0.4, 0.5) is 23.4 Å². The van der Waals surface area contributed by atoms with Crippen molar-refractivity contribution in [3.63, 3.8) is 0 Å². The van der Waals surface area contributed by atoms with Gasteiger partial charge in [-0.3, -0.25) is 0 Å². The van der Waals surface area contributed by atoms with Gasteiger partial charge in [0.15, 0.2) is 0 Å². The van der Waals surface area contributed by atoms with Crippen LogP contribution in [0.3, 0.4) is 0 Å². The van der Waals surface area contributed by atoms with E-state index >= 15 is 0 Å². The zero-order valence-corrected chi connectivity index (χ0v) is 16.8. The first-order chi connectivity index (χ1) is 14.1. The first kappa shape index (κ1) is 20.4. The van der Waals surface area contributed by atoms with Crippen molar-refractivity contribution < 1.29 is 17.6 Å². The van der Waals surface area contributed by atoms with Gasteiger partial charge in [-0.1, -0.05) is 18.7 Å². The number of fused-ring (bicyclic) bond motifs is 1. The minimum absolute atomic E-state index is 0.168. The van der Waals surface area contributed by atoms with E-state index in [-0.39, 0.29) is 12.1 Å². The lowest BCUT2D eigenvalue weighted by Gasteiger charge is -2.31. The highest BCUT2D eigenvalue weighted by Crippen LogP contribution is 2.44. The van der Waals surface area contributed by atoms with Gasteiger partial charge in [0, 0.05) is 18.4 Å². The third-order valence-electron chi connectivity index (χ3n) is 5.74. The predicted molar refractivity (Wildman–Crippen MR) is 107 cm³/mol. The summed E-state index contributed by atoms with van der Waals surface area (Å²) >= 11 is 0. The summed E-state index contributed by atoms with van der Waals surface area (Å²) in [6, 6.07) is 4.13. The van der Waals surface area contributed by atoms with E-state index in [4.69, 9.17) is 0 Å². The quantitative estimate of drug-likeness (QED) is 0.754. The fourth-order valence-electron chi connectivity index (χ4n) is 3.80. The summed E-state index contributed by atoms with van der Waals surface area (Å²) in [5, 5.41) is 4.49. The highest BCUT2D eigenvalue weighted by Gasteiger charge is 2.48. The average molecular weight is 418 g/mol. The lowest BCUT2D eigenvalue weighted by Crippen LogP contribution is -2.44. The molecule has 0 unspecified atom stereocenters. The number of halogens is 4. The van der Waals surface area contributed by atoms with E-state index in [2.05, 4.69) is 21.9 Å². The van der Waals surface area contributed by atoms with Gasteiger partial charge in [0.25, 0.3) is 0 Å². The molecule has 0 radical (unpaired) electrons. The summed E-state index contributed by atoms with van der Waals surface area (Å²) in [7, 11) is 0. The zero-order valence-electron chi connectivity index (χ0n) is 16.8. The number of rotatable bonds is 5. The van der Waals surface area contributed by atoms with Crippen LogP contribution in [0.15, 0.2) is 30.5 Å². The van der Waals surface area contributed by atoms with Crippen LogP contribution in [0.5, 0.6) is 0 Å². The number of aryl methyl sites for hydroxylation is 1. The van der Waals surface area contributed by atoms with E-state index in [9.17, 15) is 17.6 Å². The topological polar surface area (TPSA) is 41.1 Å². The summed E-state index contributed by atoms with van der Waals surface area (Å²) < 4.78 is 53.2. The van der Waals surface area contributed by atoms with Crippen LogP contribution < -0.4 is 15.9 Å². The van der Waals surface area contributed by atoms with Gasteiger partial charge in [-0.25, -0.2) is 14.4 Å². The molecule has 4 nitrogen and oxygen atoms in total. The molecule has 1 aromatic carbocycles. The van der Waals surface area contributed by atoms with Crippen molar-refractivity contribution in [2.45, 2.75) is 44.9 Å². The van der Waals surface area contributed by atoms with Gasteiger partial charge in [0.2, 0.25) is 0 Å². The molecule has 1 aromatic heterocycles. The maximum Gasteiger partial charge on any atom is 0.416 e. The number of hydrogen-bond donors (Lipinski definition) is 1. The maximum atomic E-state index is 13.6. The third-order valence-corrected chi connectivity index (χ3v) is 5.74.